The van der Waals surface area contributed by atoms with E-state index in [0.717, 1.165) is 15.7 Å². The Kier molecular flexibility index (Phi) is 4.57. The molecule has 0 spiro atoms. The minimum Gasteiger partial charge on any atom is -0.445 e. The highest BCUT2D eigenvalue weighted by Crippen LogP contribution is 2.29. The Morgan fingerprint density at radius 1 is 1.60 bits per heavy atom. The van der Waals surface area contributed by atoms with Crippen molar-refractivity contribution < 1.29 is 9.53 Å². The van der Waals surface area contributed by atoms with Gasteiger partial charge in [0.25, 0.3) is 0 Å². The molecule has 1 heterocycles. The number of nitrogens with zero attached hydrogens (tertiary/aromatic N) is 2. The van der Waals surface area contributed by atoms with Crippen LogP contribution in [0.4, 0.5) is 10.5 Å². The van der Waals surface area contributed by atoms with Crippen molar-refractivity contribution in [2.24, 2.45) is 7.05 Å². The lowest BCUT2D eigenvalue weighted by Crippen LogP contribution is -2.13. The summed E-state index contributed by atoms with van der Waals surface area (Å²) in [7, 11) is 1.86. The molecule has 5 nitrogen and oxygen atoms in total. The molecule has 0 fully saturated rings. The minimum atomic E-state index is -0.508. The molecule has 0 atom stereocenters. The van der Waals surface area contributed by atoms with Gasteiger partial charge in [-0.2, -0.15) is 5.10 Å². The van der Waals surface area contributed by atoms with Crippen LogP contribution < -0.4 is 5.32 Å². The molecule has 0 saturated heterocycles. The van der Waals surface area contributed by atoms with E-state index >= 15 is 0 Å². The summed E-state index contributed by atoms with van der Waals surface area (Å²) >= 11 is 3.46. The monoisotopic (exact) mass is 335 g/mol. The molecule has 1 amide bonds. The van der Waals surface area contributed by atoms with Crippen molar-refractivity contribution in [1.82, 2.24) is 9.78 Å². The van der Waals surface area contributed by atoms with E-state index in [1.54, 1.807) is 16.9 Å². The summed E-state index contributed by atoms with van der Waals surface area (Å²) in [5.41, 5.74) is 2.54. The number of rotatable bonds is 4. The molecule has 0 aliphatic heterocycles. The zero-order chi connectivity index (χ0) is 14.5. The third kappa shape index (κ3) is 3.27. The van der Waals surface area contributed by atoms with Gasteiger partial charge in [-0.25, -0.2) is 4.79 Å². The van der Waals surface area contributed by atoms with Crippen molar-refractivity contribution in [2.75, 3.05) is 11.9 Å². The van der Waals surface area contributed by atoms with Gasteiger partial charge in [-0.05, 0) is 28.1 Å². The molecule has 0 saturated carbocycles. The fourth-order valence-corrected chi connectivity index (χ4v) is 2.35. The first-order valence-corrected chi connectivity index (χ1v) is 6.73. The zero-order valence-corrected chi connectivity index (χ0v) is 12.6. The fourth-order valence-electron chi connectivity index (χ4n) is 1.77. The predicted octanol–water partition coefficient (Wildman–Crippen LogP) is 3.58. The molecule has 0 unspecified atom stereocenters. The highest BCUT2D eigenvalue weighted by atomic mass is 79.9. The number of hydrogen-bond acceptors (Lipinski definition) is 3. The van der Waals surface area contributed by atoms with Crippen molar-refractivity contribution in [3.63, 3.8) is 0 Å². The molecule has 104 valence electrons. The number of amides is 1. The van der Waals surface area contributed by atoms with Gasteiger partial charge in [0.1, 0.15) is 6.61 Å². The maximum Gasteiger partial charge on any atom is 0.411 e. The third-order valence-corrected chi connectivity index (χ3v) is 3.19. The van der Waals surface area contributed by atoms with E-state index in [-0.39, 0.29) is 6.61 Å². The molecule has 1 N–H and O–H groups in total. The van der Waals surface area contributed by atoms with Crippen LogP contribution in [0.2, 0.25) is 0 Å². The molecule has 20 heavy (non-hydrogen) atoms. The van der Waals surface area contributed by atoms with Crippen LogP contribution in [0.15, 0.2) is 47.6 Å². The molecule has 0 bridgehead atoms. The molecule has 2 aromatic rings. The second-order valence-corrected chi connectivity index (χ2v) is 4.91. The lowest BCUT2D eigenvalue weighted by molar-refractivity contribution is 0.174. The van der Waals surface area contributed by atoms with Crippen LogP contribution >= 0.6 is 15.9 Å². The van der Waals surface area contributed by atoms with Gasteiger partial charge in [-0.3, -0.25) is 10.00 Å². The van der Waals surface area contributed by atoms with Crippen molar-refractivity contribution in [2.45, 2.75) is 0 Å². The molecule has 1 aromatic carbocycles. The third-order valence-electron chi connectivity index (χ3n) is 2.61. The summed E-state index contributed by atoms with van der Waals surface area (Å²) in [5.74, 6) is 0. The van der Waals surface area contributed by atoms with Gasteiger partial charge in [0.2, 0.25) is 0 Å². The molecular formula is C14H14BrN3O2. The van der Waals surface area contributed by atoms with Crippen LogP contribution in [-0.4, -0.2) is 22.5 Å². The highest BCUT2D eigenvalue weighted by Gasteiger charge is 2.10. The van der Waals surface area contributed by atoms with Crippen molar-refractivity contribution in [3.8, 4) is 11.3 Å². The summed E-state index contributed by atoms with van der Waals surface area (Å²) in [6, 6.07) is 7.46. The molecule has 0 radical (unpaired) electrons. The summed E-state index contributed by atoms with van der Waals surface area (Å²) in [6.07, 6.45) is 2.74. The van der Waals surface area contributed by atoms with E-state index in [9.17, 15) is 4.79 Å². The van der Waals surface area contributed by atoms with E-state index < -0.39 is 6.09 Å². The van der Waals surface area contributed by atoms with E-state index in [0.29, 0.717) is 5.69 Å². The van der Waals surface area contributed by atoms with Crippen molar-refractivity contribution in [3.05, 3.63) is 47.6 Å². The summed E-state index contributed by atoms with van der Waals surface area (Å²) in [4.78, 5) is 11.5. The number of aromatic nitrogens is 2. The second-order valence-electron chi connectivity index (χ2n) is 4.06. The molecule has 6 heteroatoms. The molecular weight excluding hydrogens is 322 g/mol. The largest absolute Gasteiger partial charge is 0.445 e. The number of carbonyl (C=O) groups excluding carboxylic acids is 1. The Labute approximate surface area is 125 Å². The Morgan fingerprint density at radius 3 is 3.05 bits per heavy atom. The molecule has 0 aliphatic rings. The summed E-state index contributed by atoms with van der Waals surface area (Å²) < 4.78 is 7.54. The number of nitrogens with one attached hydrogen (secondary N) is 1. The summed E-state index contributed by atoms with van der Waals surface area (Å²) in [5, 5.41) is 6.83. The van der Waals surface area contributed by atoms with Crippen LogP contribution in [0.3, 0.4) is 0 Å². The van der Waals surface area contributed by atoms with Gasteiger partial charge in [0.15, 0.2) is 0 Å². The highest BCUT2D eigenvalue weighted by molar-refractivity contribution is 9.10. The lowest BCUT2D eigenvalue weighted by Gasteiger charge is -2.08. The van der Waals surface area contributed by atoms with E-state index in [4.69, 9.17) is 4.74 Å². The number of aryl methyl sites for hydroxylation is 1. The molecule has 2 rings (SSSR count). The first kappa shape index (κ1) is 14.3. The Hall–Kier alpha value is -2.08. The predicted molar refractivity (Wildman–Crippen MR) is 81.5 cm³/mol. The van der Waals surface area contributed by atoms with E-state index in [2.05, 4.69) is 32.9 Å². The summed E-state index contributed by atoms with van der Waals surface area (Å²) in [6.45, 7) is 3.67. The SMILES string of the molecule is C=CCOC(=O)Nc1cccc(-c2c(Br)cnn2C)c1. The Morgan fingerprint density at radius 2 is 2.40 bits per heavy atom. The fraction of sp³-hybridized carbons (Fsp3) is 0.143. The zero-order valence-electron chi connectivity index (χ0n) is 11.0. The average molecular weight is 336 g/mol. The normalized spacial score (nSPS) is 10.1. The van der Waals surface area contributed by atoms with E-state index in [1.807, 2.05) is 25.2 Å². The first-order chi connectivity index (χ1) is 9.61. The first-order valence-electron chi connectivity index (χ1n) is 5.94. The average Bonchev–Trinajstić information content (AvgIpc) is 2.76. The standard InChI is InChI=1S/C14H14BrN3O2/c1-3-7-20-14(19)17-11-6-4-5-10(8-11)13-12(15)9-16-18(13)2/h3-6,8-9H,1,7H2,2H3,(H,17,19). The maximum atomic E-state index is 11.5. The maximum absolute atomic E-state index is 11.5. The number of benzene rings is 1. The number of hydrogen-bond donors (Lipinski definition) is 1. The quantitative estimate of drug-likeness (QED) is 0.868. The van der Waals surface area contributed by atoms with Gasteiger partial charge < -0.3 is 4.74 Å². The van der Waals surface area contributed by atoms with Crippen LogP contribution in [0.5, 0.6) is 0 Å². The van der Waals surface area contributed by atoms with Gasteiger partial charge in [0.05, 0.1) is 16.4 Å². The number of carbonyl (C=O) groups is 1. The van der Waals surface area contributed by atoms with Gasteiger partial charge in [-0.15, -0.1) is 0 Å². The second kappa shape index (κ2) is 6.38. The van der Waals surface area contributed by atoms with Crippen molar-refractivity contribution in [1.29, 1.82) is 0 Å². The molecule has 1 aromatic heterocycles. The Balaban J connectivity index is 2.20. The lowest BCUT2D eigenvalue weighted by atomic mass is 10.1. The van der Waals surface area contributed by atoms with Crippen LogP contribution in [-0.2, 0) is 11.8 Å². The van der Waals surface area contributed by atoms with Crippen molar-refractivity contribution >= 4 is 27.7 Å². The van der Waals surface area contributed by atoms with Gasteiger partial charge >= 0.3 is 6.09 Å². The van der Waals surface area contributed by atoms with E-state index in [1.165, 1.54) is 6.08 Å². The van der Waals surface area contributed by atoms with Crippen LogP contribution in [0.25, 0.3) is 11.3 Å². The number of ether oxygens (including phenoxy) is 1. The topological polar surface area (TPSA) is 56.1 Å². The van der Waals surface area contributed by atoms with Crippen LogP contribution in [0, 0.1) is 0 Å². The smallest absolute Gasteiger partial charge is 0.411 e. The number of halogens is 1. The number of anilines is 1. The van der Waals surface area contributed by atoms with Gasteiger partial charge in [-0.1, -0.05) is 24.8 Å². The Bertz CT molecular complexity index is 618. The van der Waals surface area contributed by atoms with Crippen LogP contribution in [0.1, 0.15) is 0 Å². The molecule has 0 aliphatic carbocycles. The van der Waals surface area contributed by atoms with Gasteiger partial charge in [0, 0.05) is 18.3 Å². The minimum absolute atomic E-state index is 0.179.